The third-order valence-corrected chi connectivity index (χ3v) is 5.95. The maximum absolute atomic E-state index is 5.00. The fourth-order valence-corrected chi connectivity index (χ4v) is 3.68. The Morgan fingerprint density at radius 1 is 1.30 bits per heavy atom. The average Bonchev–Trinajstić information content (AvgIpc) is 2.77. The Hall–Kier alpha value is -2.28. The van der Waals surface area contributed by atoms with Crippen LogP contribution in [0.25, 0.3) is 0 Å². The van der Waals surface area contributed by atoms with Gasteiger partial charge in [-0.1, -0.05) is 33.4 Å². The Morgan fingerprint density at radius 3 is 2.70 bits per heavy atom. The molecule has 166 valence electrons. The summed E-state index contributed by atoms with van der Waals surface area (Å²) in [7, 11) is 0. The molecule has 2 heterocycles. The van der Waals surface area contributed by atoms with Gasteiger partial charge in [-0.05, 0) is 51.8 Å². The summed E-state index contributed by atoms with van der Waals surface area (Å²) in [4.78, 5) is 12.0. The molecule has 0 amide bonds. The Bertz CT molecular complexity index is 709. The number of piperidine rings is 1. The molecular formula is C23H39N7. The van der Waals surface area contributed by atoms with Gasteiger partial charge < -0.3 is 15.5 Å². The first kappa shape index (κ1) is 24.0. The highest BCUT2D eigenvalue weighted by Crippen LogP contribution is 2.26. The largest absolute Gasteiger partial charge is 0.343 e. The minimum atomic E-state index is 0.328. The molecule has 7 nitrogen and oxygen atoms in total. The molecule has 2 atom stereocenters. The average molecular weight is 414 g/mol. The third-order valence-electron chi connectivity index (χ3n) is 5.95. The van der Waals surface area contributed by atoms with E-state index in [0.717, 1.165) is 62.7 Å². The summed E-state index contributed by atoms with van der Waals surface area (Å²) >= 11 is 0. The van der Waals surface area contributed by atoms with Crippen molar-refractivity contribution in [2.24, 2.45) is 16.1 Å². The topological polar surface area (TPSA) is 77.8 Å². The van der Waals surface area contributed by atoms with E-state index in [1.165, 1.54) is 0 Å². The molecule has 30 heavy (non-hydrogen) atoms. The molecule has 1 saturated heterocycles. The second-order valence-corrected chi connectivity index (χ2v) is 8.11. The van der Waals surface area contributed by atoms with Crippen molar-refractivity contribution < 1.29 is 0 Å². The Labute approximate surface area is 182 Å². The van der Waals surface area contributed by atoms with Crippen molar-refractivity contribution in [3.63, 3.8) is 0 Å². The quantitative estimate of drug-likeness (QED) is 0.489. The third kappa shape index (κ3) is 7.20. The maximum Gasteiger partial charge on any atom is 0.225 e. The van der Waals surface area contributed by atoms with Crippen LogP contribution >= 0.6 is 0 Å². The van der Waals surface area contributed by atoms with Crippen molar-refractivity contribution >= 4 is 5.95 Å². The SMILES string of the molecule is C=C(CCN(c1nccc(C2CCNCC2)n1)[C@H](C)C(C)CC)NC(=C)/N=N\CC. The minimum Gasteiger partial charge on any atom is -0.343 e. The van der Waals surface area contributed by atoms with Crippen LogP contribution in [0.15, 0.2) is 47.2 Å². The number of hydrogen-bond donors (Lipinski definition) is 2. The highest BCUT2D eigenvalue weighted by atomic mass is 15.3. The number of hydrogen-bond acceptors (Lipinski definition) is 7. The zero-order chi connectivity index (χ0) is 21.9. The standard InChI is InChI=1S/C23H39N7/c1-7-17(3)19(5)30(16-12-18(4)27-20(6)29-26-8-2)23-25-15-11-22(28-23)21-9-13-24-14-10-21/h11,15,17,19,21,24,27H,4,6-10,12-14,16H2,1-3,5H3/b29-26-/t17?,19-/m1/s1. The molecule has 7 heteroatoms. The van der Waals surface area contributed by atoms with E-state index in [1.54, 1.807) is 0 Å². The lowest BCUT2D eigenvalue weighted by Crippen LogP contribution is -2.40. The molecule has 1 aliphatic heterocycles. The van der Waals surface area contributed by atoms with Gasteiger partial charge >= 0.3 is 0 Å². The van der Waals surface area contributed by atoms with Gasteiger partial charge in [0, 0.05) is 42.5 Å². The molecule has 2 rings (SSSR count). The minimum absolute atomic E-state index is 0.328. The van der Waals surface area contributed by atoms with Crippen LogP contribution in [-0.4, -0.2) is 42.2 Å². The number of nitrogens with zero attached hydrogens (tertiary/aromatic N) is 5. The normalized spacial score (nSPS) is 16.9. The molecule has 1 aromatic rings. The van der Waals surface area contributed by atoms with Crippen LogP contribution in [0, 0.1) is 5.92 Å². The number of aromatic nitrogens is 2. The predicted molar refractivity (Wildman–Crippen MR) is 125 cm³/mol. The molecule has 1 aliphatic rings. The van der Waals surface area contributed by atoms with Gasteiger partial charge in [-0.25, -0.2) is 9.97 Å². The van der Waals surface area contributed by atoms with Crippen molar-refractivity contribution in [1.29, 1.82) is 0 Å². The van der Waals surface area contributed by atoms with Gasteiger partial charge in [0.15, 0.2) is 0 Å². The van der Waals surface area contributed by atoms with E-state index in [0.29, 0.717) is 30.2 Å². The summed E-state index contributed by atoms with van der Waals surface area (Å²) in [6.07, 6.45) is 6.04. The van der Waals surface area contributed by atoms with Crippen LogP contribution in [0.2, 0.25) is 0 Å². The summed E-state index contributed by atoms with van der Waals surface area (Å²) in [5.74, 6) is 2.38. The van der Waals surface area contributed by atoms with E-state index in [1.807, 2.05) is 13.1 Å². The molecule has 1 unspecified atom stereocenters. The molecule has 1 fully saturated rings. The number of anilines is 1. The molecule has 0 saturated carbocycles. The van der Waals surface area contributed by atoms with Crippen LogP contribution in [0.3, 0.4) is 0 Å². The zero-order valence-electron chi connectivity index (χ0n) is 19.2. The summed E-state index contributed by atoms with van der Waals surface area (Å²) in [5.41, 5.74) is 2.03. The second-order valence-electron chi connectivity index (χ2n) is 8.11. The van der Waals surface area contributed by atoms with Gasteiger partial charge in [-0.15, -0.1) is 5.11 Å². The van der Waals surface area contributed by atoms with Gasteiger partial charge in [0.05, 0.1) is 6.54 Å². The van der Waals surface area contributed by atoms with E-state index in [4.69, 9.17) is 4.98 Å². The summed E-state index contributed by atoms with van der Waals surface area (Å²) in [5, 5.41) is 14.6. The van der Waals surface area contributed by atoms with Crippen molar-refractivity contribution in [3.8, 4) is 0 Å². The molecule has 0 spiro atoms. The summed E-state index contributed by atoms with van der Waals surface area (Å²) in [6.45, 7) is 20.3. The van der Waals surface area contributed by atoms with Gasteiger partial charge in [-0.3, -0.25) is 0 Å². The van der Waals surface area contributed by atoms with Crippen molar-refractivity contribution in [1.82, 2.24) is 20.6 Å². The van der Waals surface area contributed by atoms with Crippen LogP contribution < -0.4 is 15.5 Å². The molecule has 1 aromatic heterocycles. The smallest absolute Gasteiger partial charge is 0.225 e. The maximum atomic E-state index is 5.00. The van der Waals surface area contributed by atoms with Crippen molar-refractivity contribution in [2.75, 3.05) is 31.1 Å². The van der Waals surface area contributed by atoms with E-state index in [9.17, 15) is 0 Å². The second kappa shape index (κ2) is 12.4. The lowest BCUT2D eigenvalue weighted by molar-refractivity contribution is 0.428. The van der Waals surface area contributed by atoms with Crippen LogP contribution in [0.4, 0.5) is 5.95 Å². The Balaban J connectivity index is 2.12. The fourth-order valence-electron chi connectivity index (χ4n) is 3.68. The van der Waals surface area contributed by atoms with Crippen LogP contribution in [-0.2, 0) is 0 Å². The van der Waals surface area contributed by atoms with Crippen LogP contribution in [0.5, 0.6) is 0 Å². The lowest BCUT2D eigenvalue weighted by atomic mass is 9.94. The predicted octanol–water partition coefficient (Wildman–Crippen LogP) is 4.62. The van der Waals surface area contributed by atoms with Gasteiger partial charge in [0.2, 0.25) is 5.95 Å². The monoisotopic (exact) mass is 413 g/mol. The van der Waals surface area contributed by atoms with Gasteiger partial charge in [0.1, 0.15) is 5.82 Å². The fraction of sp³-hybridized carbons (Fsp3) is 0.652. The van der Waals surface area contributed by atoms with E-state index < -0.39 is 0 Å². The first-order valence-electron chi connectivity index (χ1n) is 11.3. The summed E-state index contributed by atoms with van der Waals surface area (Å²) in [6, 6.07) is 2.41. The highest BCUT2D eigenvalue weighted by Gasteiger charge is 2.23. The zero-order valence-corrected chi connectivity index (χ0v) is 19.2. The Morgan fingerprint density at radius 2 is 2.03 bits per heavy atom. The molecular weight excluding hydrogens is 374 g/mol. The molecule has 2 N–H and O–H groups in total. The van der Waals surface area contributed by atoms with E-state index in [2.05, 4.69) is 70.7 Å². The molecule has 0 radical (unpaired) electrons. The summed E-state index contributed by atoms with van der Waals surface area (Å²) < 4.78 is 0. The highest BCUT2D eigenvalue weighted by molar-refractivity contribution is 5.33. The number of nitrogens with one attached hydrogen (secondary N) is 2. The molecule has 0 aliphatic carbocycles. The lowest BCUT2D eigenvalue weighted by Gasteiger charge is -2.34. The number of azo groups is 1. The van der Waals surface area contributed by atoms with Crippen molar-refractivity contribution in [3.05, 3.63) is 42.6 Å². The number of rotatable bonds is 12. The van der Waals surface area contributed by atoms with Gasteiger partial charge in [0.25, 0.3) is 0 Å². The first-order chi connectivity index (χ1) is 14.5. The Kier molecular flexibility index (Phi) is 9.94. The van der Waals surface area contributed by atoms with Crippen LogP contribution in [0.1, 0.15) is 65.0 Å². The van der Waals surface area contributed by atoms with E-state index in [-0.39, 0.29) is 0 Å². The van der Waals surface area contributed by atoms with Gasteiger partial charge in [-0.2, -0.15) is 5.11 Å². The molecule has 0 aromatic carbocycles. The van der Waals surface area contributed by atoms with Crippen molar-refractivity contribution in [2.45, 2.75) is 65.3 Å². The molecule has 0 bridgehead atoms. The first-order valence-corrected chi connectivity index (χ1v) is 11.3. The van der Waals surface area contributed by atoms with E-state index >= 15 is 0 Å².